The molecule has 3 aliphatic heterocycles. The number of anilines is 1. The Morgan fingerprint density at radius 2 is 1.90 bits per heavy atom. The van der Waals surface area contributed by atoms with E-state index >= 15 is 8.78 Å². The highest BCUT2D eigenvalue weighted by Crippen LogP contribution is 2.63. The number of amides is 1. The van der Waals surface area contributed by atoms with Gasteiger partial charge in [-0.15, -0.1) is 16.4 Å². The first-order valence-corrected chi connectivity index (χ1v) is 17.8. The van der Waals surface area contributed by atoms with Crippen molar-refractivity contribution in [3.8, 4) is 27.6 Å². The number of hydrogen-bond donors (Lipinski definition) is 2. The Kier molecular flexibility index (Phi) is 6.61. The molecule has 14 heteroatoms. The number of carbonyl (C=O) groups excluding carboxylic acids is 1. The minimum atomic E-state index is -3.12. The number of ether oxygens (including phenoxy) is 1. The Balaban J connectivity index is 1.15. The van der Waals surface area contributed by atoms with E-state index in [4.69, 9.17) is 14.1 Å². The minimum Gasteiger partial charge on any atom is -0.496 e. The van der Waals surface area contributed by atoms with Crippen molar-refractivity contribution >= 4 is 33.1 Å². The van der Waals surface area contributed by atoms with Gasteiger partial charge in [0.2, 0.25) is 0 Å². The molecule has 1 amide bonds. The van der Waals surface area contributed by atoms with Gasteiger partial charge >= 0.3 is 5.76 Å². The molecule has 0 radical (unpaired) electrons. The molecule has 3 fully saturated rings. The van der Waals surface area contributed by atoms with Crippen LogP contribution in [-0.4, -0.2) is 50.5 Å². The molecule has 11 rings (SSSR count). The zero-order valence-corrected chi connectivity index (χ0v) is 28.5. The molecular weight excluding hydrogens is 694 g/mol. The van der Waals surface area contributed by atoms with Crippen LogP contribution in [0.15, 0.2) is 70.0 Å². The van der Waals surface area contributed by atoms with E-state index in [9.17, 15) is 14.0 Å². The molecule has 2 bridgehead atoms. The van der Waals surface area contributed by atoms with E-state index in [1.807, 2.05) is 11.0 Å². The number of alkyl halides is 2. The van der Waals surface area contributed by atoms with Crippen LogP contribution in [-0.2, 0) is 24.8 Å². The van der Waals surface area contributed by atoms with Crippen molar-refractivity contribution in [2.75, 3.05) is 19.0 Å². The Morgan fingerprint density at radius 3 is 2.67 bits per heavy atom. The molecule has 1 saturated carbocycles. The van der Waals surface area contributed by atoms with E-state index < -0.39 is 29.7 Å². The smallest absolute Gasteiger partial charge is 0.434 e. The van der Waals surface area contributed by atoms with Gasteiger partial charge in [-0.25, -0.2) is 28.0 Å². The number of rotatable bonds is 8. The van der Waals surface area contributed by atoms with Gasteiger partial charge < -0.3 is 19.4 Å². The van der Waals surface area contributed by atoms with Crippen LogP contribution < -0.4 is 15.8 Å². The minimum absolute atomic E-state index is 0.0154. The number of nitrogens with one attached hydrogen (secondary N) is 2. The number of hydrogen-bond acceptors (Lipinski definition) is 9. The standard InChI is InChI=1S/C38H29F3N6O4S/c1-50-25-4-2-3-22-23(25)16-38(40,41)31(22)44-33-30-20(11-12-42-33)13-26(52-30)28-27(34-45-46-36(49)51-34)24(10-7-18-5-8-21(39)9-6-18)43-32-29(28)35(48)47-17-19-14-37(32,47)15-19/h2-6,8-9,11-13,19,31H,7,10,14-17H2,1H3,(H,42,44)(H,46,49)/t19?,31-,37?/m1/s1. The van der Waals surface area contributed by atoms with Crippen LogP contribution in [0.5, 0.6) is 5.75 Å². The van der Waals surface area contributed by atoms with Gasteiger partial charge in [-0.05, 0) is 78.4 Å². The number of thiophene rings is 1. The summed E-state index contributed by atoms with van der Waals surface area (Å²) in [4.78, 5) is 39.0. The lowest BCUT2D eigenvalue weighted by atomic mass is 9.71. The van der Waals surface area contributed by atoms with Crippen molar-refractivity contribution in [1.82, 2.24) is 25.1 Å². The SMILES string of the molecule is COc1cccc2c1CC(F)(F)[C@@H]2Nc1nccc2cc(-c3c4c(nc(CCc5ccc(F)cc5)c3-c3n[nH]c(=O)o3)C35CC(CN3C4=O)C5)sc12. The number of pyridine rings is 2. The lowest BCUT2D eigenvalue weighted by molar-refractivity contribution is -0.00734. The zero-order chi connectivity index (χ0) is 35.5. The summed E-state index contributed by atoms with van der Waals surface area (Å²) in [7, 11) is 1.47. The normalized spacial score (nSPS) is 22.0. The molecule has 7 heterocycles. The number of aryl methyl sites for hydroxylation is 2. The Hall–Kier alpha value is -5.50. The van der Waals surface area contributed by atoms with Gasteiger partial charge in [-0.2, -0.15) is 0 Å². The van der Waals surface area contributed by atoms with Crippen molar-refractivity contribution in [3.05, 3.63) is 111 Å². The molecule has 2 aliphatic carbocycles. The van der Waals surface area contributed by atoms with Crippen molar-refractivity contribution in [1.29, 1.82) is 0 Å². The first kappa shape index (κ1) is 31.3. The quantitative estimate of drug-likeness (QED) is 0.171. The summed E-state index contributed by atoms with van der Waals surface area (Å²) in [6.07, 6.45) is 3.60. The van der Waals surface area contributed by atoms with Crippen LogP contribution >= 0.6 is 11.3 Å². The molecular formula is C38H29F3N6O4S. The molecule has 6 aromatic rings. The van der Waals surface area contributed by atoms with E-state index in [-0.39, 0.29) is 23.4 Å². The van der Waals surface area contributed by atoms with Gasteiger partial charge in [0, 0.05) is 35.2 Å². The molecule has 2 saturated heterocycles. The highest BCUT2D eigenvalue weighted by molar-refractivity contribution is 7.23. The summed E-state index contributed by atoms with van der Waals surface area (Å²) in [5.41, 5.74) is 3.91. The third-order valence-electron chi connectivity index (χ3n) is 11.1. The molecule has 5 aliphatic rings. The van der Waals surface area contributed by atoms with Crippen molar-refractivity contribution in [2.45, 2.75) is 49.6 Å². The van der Waals surface area contributed by atoms with E-state index in [1.54, 1.807) is 42.6 Å². The topological polar surface area (TPSA) is 126 Å². The Morgan fingerprint density at radius 1 is 1.08 bits per heavy atom. The molecule has 2 aromatic carbocycles. The third-order valence-corrected chi connectivity index (χ3v) is 12.3. The largest absolute Gasteiger partial charge is 0.496 e. The lowest BCUT2D eigenvalue weighted by Crippen LogP contribution is -2.40. The van der Waals surface area contributed by atoms with E-state index in [0.29, 0.717) is 79.8 Å². The number of fused-ring (bicyclic) bond motifs is 3. The monoisotopic (exact) mass is 722 g/mol. The van der Waals surface area contributed by atoms with Crippen LogP contribution in [0.2, 0.25) is 0 Å². The molecule has 262 valence electrons. The fourth-order valence-corrected chi connectivity index (χ4v) is 9.97. The summed E-state index contributed by atoms with van der Waals surface area (Å²) in [6.45, 7) is 0.638. The van der Waals surface area contributed by atoms with Gasteiger partial charge in [0.25, 0.3) is 17.7 Å². The summed E-state index contributed by atoms with van der Waals surface area (Å²) < 4.78 is 56.7. The Labute approximate surface area is 297 Å². The lowest BCUT2D eigenvalue weighted by Gasteiger charge is -2.37. The number of H-pyrrole nitrogens is 1. The summed E-state index contributed by atoms with van der Waals surface area (Å²) >= 11 is 1.31. The first-order valence-electron chi connectivity index (χ1n) is 17.0. The maximum atomic E-state index is 15.7. The highest BCUT2D eigenvalue weighted by Gasteiger charge is 2.65. The predicted octanol–water partition coefficient (Wildman–Crippen LogP) is 7.05. The van der Waals surface area contributed by atoms with E-state index in [2.05, 4.69) is 20.5 Å². The maximum Gasteiger partial charge on any atom is 0.434 e. The van der Waals surface area contributed by atoms with Crippen molar-refractivity contribution in [3.63, 3.8) is 0 Å². The number of halogens is 3. The first-order chi connectivity index (χ1) is 25.1. The molecule has 1 atom stereocenters. The van der Waals surface area contributed by atoms with Crippen molar-refractivity contribution in [2.24, 2.45) is 5.92 Å². The van der Waals surface area contributed by atoms with Gasteiger partial charge in [0.05, 0.1) is 39.9 Å². The molecule has 0 unspecified atom stereocenters. The number of benzene rings is 2. The van der Waals surface area contributed by atoms with Gasteiger partial charge in [0.1, 0.15) is 23.4 Å². The predicted molar refractivity (Wildman–Crippen MR) is 186 cm³/mol. The maximum absolute atomic E-state index is 15.7. The number of aromatic amines is 1. The summed E-state index contributed by atoms with van der Waals surface area (Å²) in [6, 6.07) is 13.6. The number of aromatic nitrogens is 4. The van der Waals surface area contributed by atoms with Crippen LogP contribution in [0.4, 0.5) is 19.0 Å². The summed E-state index contributed by atoms with van der Waals surface area (Å²) in [5.74, 6) is -3.28. The van der Waals surface area contributed by atoms with Crippen LogP contribution in [0.25, 0.3) is 32.0 Å². The van der Waals surface area contributed by atoms with Gasteiger partial charge in [-0.3, -0.25) is 9.78 Å². The molecule has 10 nitrogen and oxygen atoms in total. The second-order valence-corrected chi connectivity index (χ2v) is 15.1. The van der Waals surface area contributed by atoms with Gasteiger partial charge in [0.15, 0.2) is 0 Å². The average molecular weight is 723 g/mol. The number of carbonyl (C=O) groups is 1. The second-order valence-electron chi connectivity index (χ2n) is 14.0. The second kappa shape index (κ2) is 11.0. The fourth-order valence-electron chi connectivity index (χ4n) is 8.81. The van der Waals surface area contributed by atoms with Crippen molar-refractivity contribution < 1.29 is 27.1 Å². The Bertz CT molecular complexity index is 2520. The van der Waals surface area contributed by atoms with E-state index in [1.165, 1.54) is 30.6 Å². The molecule has 4 aromatic heterocycles. The summed E-state index contributed by atoms with van der Waals surface area (Å²) in [5, 5.41) is 10.3. The highest BCUT2D eigenvalue weighted by atomic mass is 32.1. The molecule has 52 heavy (non-hydrogen) atoms. The number of nitrogens with zero attached hydrogens (tertiary/aromatic N) is 4. The van der Waals surface area contributed by atoms with Gasteiger partial charge in [-0.1, -0.05) is 24.3 Å². The third kappa shape index (κ3) is 4.45. The van der Waals surface area contributed by atoms with Crippen LogP contribution in [0.3, 0.4) is 0 Å². The fraction of sp³-hybridized carbons (Fsp3) is 0.289. The zero-order valence-electron chi connectivity index (χ0n) is 27.6. The average Bonchev–Trinajstić information content (AvgIpc) is 3.96. The molecule has 1 spiro atoms. The molecule has 2 N–H and O–H groups in total. The van der Waals surface area contributed by atoms with Crippen LogP contribution in [0, 0.1) is 11.7 Å². The van der Waals surface area contributed by atoms with E-state index in [0.717, 1.165) is 23.8 Å². The number of methoxy groups -OCH3 is 1. The van der Waals surface area contributed by atoms with Crippen LogP contribution in [0.1, 0.15) is 57.3 Å².